The highest BCUT2D eigenvalue weighted by atomic mass is 32.2. The molecule has 1 saturated heterocycles. The fourth-order valence-corrected chi connectivity index (χ4v) is 5.69. The molecular formula is C24H32N2O6S. The monoisotopic (exact) mass is 476 g/mol. The zero-order valence-electron chi connectivity index (χ0n) is 19.5. The van der Waals surface area contributed by atoms with Gasteiger partial charge in [0.1, 0.15) is 0 Å². The average molecular weight is 477 g/mol. The number of carbonyl (C=O) groups excluding carboxylic acids is 2. The van der Waals surface area contributed by atoms with Gasteiger partial charge in [0, 0.05) is 50.3 Å². The zero-order valence-corrected chi connectivity index (χ0v) is 20.3. The van der Waals surface area contributed by atoms with Crippen LogP contribution in [0.15, 0.2) is 35.2 Å². The number of piperidine rings is 1. The predicted octanol–water partition coefficient (Wildman–Crippen LogP) is 3.36. The van der Waals surface area contributed by atoms with Crippen molar-refractivity contribution in [3.8, 4) is 0 Å². The molecule has 2 aromatic rings. The Morgan fingerprint density at radius 3 is 2.48 bits per heavy atom. The van der Waals surface area contributed by atoms with Gasteiger partial charge in [-0.3, -0.25) is 4.79 Å². The highest BCUT2D eigenvalue weighted by Gasteiger charge is 2.27. The second-order valence-corrected chi connectivity index (χ2v) is 10.2. The number of aromatic nitrogens is 1. The minimum Gasteiger partial charge on any atom is -0.454 e. The lowest BCUT2D eigenvalue weighted by molar-refractivity contribution is 0.0474. The normalized spacial score (nSPS) is 14.9. The number of esters is 1. The summed E-state index contributed by atoms with van der Waals surface area (Å²) in [6.07, 6.45) is 3.50. The smallest absolute Gasteiger partial charge is 0.338 e. The van der Waals surface area contributed by atoms with Crippen molar-refractivity contribution in [2.24, 2.45) is 0 Å². The maximum absolute atomic E-state index is 12.9. The molecule has 0 amide bonds. The fourth-order valence-electron chi connectivity index (χ4n) is 4.12. The van der Waals surface area contributed by atoms with Crippen LogP contribution in [-0.2, 0) is 26.0 Å². The van der Waals surface area contributed by atoms with Crippen LogP contribution in [0.4, 0.5) is 0 Å². The summed E-state index contributed by atoms with van der Waals surface area (Å²) in [4.78, 5) is 25.3. The highest BCUT2D eigenvalue weighted by molar-refractivity contribution is 7.89. The van der Waals surface area contributed by atoms with Gasteiger partial charge in [0.05, 0.1) is 10.5 Å². The lowest BCUT2D eigenvalue weighted by Gasteiger charge is -2.25. The summed E-state index contributed by atoms with van der Waals surface area (Å²) in [6, 6.07) is 7.60. The second-order valence-electron chi connectivity index (χ2n) is 8.27. The molecule has 33 heavy (non-hydrogen) atoms. The minimum absolute atomic E-state index is 0.0600. The van der Waals surface area contributed by atoms with Crippen molar-refractivity contribution in [1.82, 2.24) is 8.87 Å². The number of sulfonamides is 1. The Kier molecular flexibility index (Phi) is 8.45. The van der Waals surface area contributed by atoms with Gasteiger partial charge in [-0.05, 0) is 57.4 Å². The number of ether oxygens (including phenoxy) is 2. The number of Topliss-reactive ketones (excluding diaryl/α,β-unsaturated/α-hetero) is 1. The minimum atomic E-state index is -3.66. The van der Waals surface area contributed by atoms with Gasteiger partial charge in [-0.1, -0.05) is 12.5 Å². The van der Waals surface area contributed by atoms with Crippen molar-refractivity contribution < 1.29 is 27.5 Å². The summed E-state index contributed by atoms with van der Waals surface area (Å²) in [5, 5.41) is 0. The third kappa shape index (κ3) is 5.90. The molecule has 1 aromatic heterocycles. The summed E-state index contributed by atoms with van der Waals surface area (Å²) in [5.74, 6) is -1.03. The molecule has 8 nitrogen and oxygen atoms in total. The van der Waals surface area contributed by atoms with Crippen LogP contribution in [0.25, 0.3) is 0 Å². The average Bonchev–Trinajstić information content (AvgIpc) is 3.11. The second kappa shape index (κ2) is 11.1. The van der Waals surface area contributed by atoms with E-state index >= 15 is 0 Å². The van der Waals surface area contributed by atoms with Crippen LogP contribution in [0.3, 0.4) is 0 Å². The van der Waals surface area contributed by atoms with Crippen molar-refractivity contribution in [3.05, 3.63) is 52.8 Å². The van der Waals surface area contributed by atoms with E-state index in [1.54, 1.807) is 13.2 Å². The number of hydrogen-bond acceptors (Lipinski definition) is 6. The topological polar surface area (TPSA) is 94.9 Å². The van der Waals surface area contributed by atoms with E-state index in [2.05, 4.69) is 0 Å². The number of aryl methyl sites for hydroxylation is 1. The van der Waals surface area contributed by atoms with Crippen LogP contribution in [0.5, 0.6) is 0 Å². The lowest BCUT2D eigenvalue weighted by Crippen LogP contribution is -2.35. The first kappa shape index (κ1) is 25.1. The number of nitrogens with zero attached hydrogens (tertiary/aromatic N) is 2. The van der Waals surface area contributed by atoms with Gasteiger partial charge in [0.2, 0.25) is 15.8 Å². The lowest BCUT2D eigenvalue weighted by atomic mass is 10.1. The number of carbonyl (C=O) groups is 2. The molecule has 1 fully saturated rings. The molecule has 0 radical (unpaired) electrons. The Labute approximate surface area is 195 Å². The van der Waals surface area contributed by atoms with Gasteiger partial charge in [-0.25, -0.2) is 13.2 Å². The Bertz CT molecular complexity index is 1100. The molecule has 0 unspecified atom stereocenters. The van der Waals surface area contributed by atoms with Crippen LogP contribution in [-0.4, -0.2) is 62.5 Å². The first-order valence-corrected chi connectivity index (χ1v) is 12.7. The number of methoxy groups -OCH3 is 1. The van der Waals surface area contributed by atoms with E-state index in [4.69, 9.17) is 9.47 Å². The van der Waals surface area contributed by atoms with Gasteiger partial charge < -0.3 is 14.0 Å². The van der Waals surface area contributed by atoms with Gasteiger partial charge in [-0.2, -0.15) is 4.31 Å². The summed E-state index contributed by atoms with van der Waals surface area (Å²) >= 11 is 0. The van der Waals surface area contributed by atoms with Crippen LogP contribution >= 0.6 is 0 Å². The third-order valence-electron chi connectivity index (χ3n) is 5.96. The Morgan fingerprint density at radius 1 is 1.06 bits per heavy atom. The van der Waals surface area contributed by atoms with Crippen LogP contribution in [0.1, 0.15) is 57.8 Å². The van der Waals surface area contributed by atoms with Crippen molar-refractivity contribution in [2.45, 2.75) is 51.0 Å². The third-order valence-corrected chi connectivity index (χ3v) is 7.86. The maximum Gasteiger partial charge on any atom is 0.338 e. The molecule has 0 N–H and O–H groups in total. The number of benzene rings is 1. The molecule has 0 saturated carbocycles. The fraction of sp³-hybridized carbons (Fsp3) is 0.500. The van der Waals surface area contributed by atoms with Crippen LogP contribution in [0.2, 0.25) is 0 Å². The summed E-state index contributed by atoms with van der Waals surface area (Å²) in [6.45, 7) is 5.71. The molecule has 0 aliphatic carbocycles. The molecule has 3 rings (SSSR count). The number of hydrogen-bond donors (Lipinski definition) is 0. The van der Waals surface area contributed by atoms with E-state index in [9.17, 15) is 18.0 Å². The van der Waals surface area contributed by atoms with Crippen LogP contribution < -0.4 is 0 Å². The van der Waals surface area contributed by atoms with E-state index in [1.165, 1.54) is 28.6 Å². The van der Waals surface area contributed by atoms with Crippen molar-refractivity contribution >= 4 is 21.8 Å². The predicted molar refractivity (Wildman–Crippen MR) is 124 cm³/mol. The number of ketones is 1. The van der Waals surface area contributed by atoms with E-state index in [-0.39, 0.29) is 16.2 Å². The van der Waals surface area contributed by atoms with Gasteiger partial charge >= 0.3 is 5.97 Å². The molecule has 9 heteroatoms. The standard InChI is InChI=1S/C24H32N2O6S/c1-18-15-22(19(2)26(18)13-8-14-31-3)23(27)17-32-24(28)20-9-7-10-21(16-20)33(29,30)25-11-5-4-6-12-25/h7,9-10,15-16H,4-6,8,11-14,17H2,1-3H3. The van der Waals surface area contributed by atoms with E-state index in [0.29, 0.717) is 25.3 Å². The first-order chi connectivity index (χ1) is 15.8. The quantitative estimate of drug-likeness (QED) is 0.296. The molecule has 0 bridgehead atoms. The van der Waals surface area contributed by atoms with Gasteiger partial charge in [-0.15, -0.1) is 0 Å². The maximum atomic E-state index is 12.9. The molecule has 1 aliphatic rings. The van der Waals surface area contributed by atoms with Crippen molar-refractivity contribution in [1.29, 1.82) is 0 Å². The Hall–Kier alpha value is -2.49. The molecule has 2 heterocycles. The molecule has 180 valence electrons. The van der Waals surface area contributed by atoms with E-state index in [1.807, 2.05) is 18.4 Å². The van der Waals surface area contributed by atoms with Gasteiger partial charge in [0.25, 0.3) is 0 Å². The highest BCUT2D eigenvalue weighted by Crippen LogP contribution is 2.22. The molecule has 1 aliphatic heterocycles. The molecule has 0 atom stereocenters. The van der Waals surface area contributed by atoms with Gasteiger partial charge in [0.15, 0.2) is 6.61 Å². The van der Waals surface area contributed by atoms with Crippen LogP contribution in [0, 0.1) is 13.8 Å². The summed E-state index contributed by atoms with van der Waals surface area (Å²) in [5.41, 5.74) is 2.39. The van der Waals surface area contributed by atoms with E-state index < -0.39 is 22.6 Å². The SMILES string of the molecule is COCCCn1c(C)cc(C(=O)COC(=O)c2cccc(S(=O)(=O)N3CCCCC3)c2)c1C. The van der Waals surface area contributed by atoms with Crippen molar-refractivity contribution in [2.75, 3.05) is 33.4 Å². The Balaban J connectivity index is 1.66. The zero-order chi connectivity index (χ0) is 24.0. The molecule has 1 aromatic carbocycles. The largest absolute Gasteiger partial charge is 0.454 e. The first-order valence-electron chi connectivity index (χ1n) is 11.2. The Morgan fingerprint density at radius 2 is 1.79 bits per heavy atom. The summed E-state index contributed by atoms with van der Waals surface area (Å²) < 4.78 is 39.6. The molecule has 0 spiro atoms. The van der Waals surface area contributed by atoms with E-state index in [0.717, 1.165) is 43.6 Å². The number of rotatable bonds is 10. The molecular weight excluding hydrogens is 444 g/mol. The van der Waals surface area contributed by atoms with Crippen molar-refractivity contribution in [3.63, 3.8) is 0 Å². The summed E-state index contributed by atoms with van der Waals surface area (Å²) in [7, 11) is -2.01.